The molecular weight excluding hydrogens is 434 g/mol. The number of amides is 1. The molecule has 30 heavy (non-hydrogen) atoms. The highest BCUT2D eigenvalue weighted by Crippen LogP contribution is 2.35. The van der Waals surface area contributed by atoms with Crippen LogP contribution < -0.4 is 5.32 Å². The highest BCUT2D eigenvalue weighted by Gasteiger charge is 2.30. The third kappa shape index (κ3) is 4.45. The molecule has 8 nitrogen and oxygen atoms in total. The molecule has 2 aromatic rings. The molecule has 2 rings (SSSR count). The molecule has 13 heteroatoms. The van der Waals surface area contributed by atoms with Gasteiger partial charge in [0, 0.05) is 0 Å². The van der Waals surface area contributed by atoms with E-state index >= 15 is 0 Å². The first-order valence-electron chi connectivity index (χ1n) is 8.29. The van der Waals surface area contributed by atoms with Crippen molar-refractivity contribution in [2.75, 3.05) is 19.5 Å². The zero-order valence-electron chi connectivity index (χ0n) is 16.2. The average Bonchev–Trinajstić information content (AvgIpc) is 3.28. The van der Waals surface area contributed by atoms with Crippen molar-refractivity contribution in [1.82, 2.24) is 9.78 Å². The summed E-state index contributed by atoms with van der Waals surface area (Å²) >= 11 is 0.719. The van der Waals surface area contributed by atoms with Crippen LogP contribution in [0.1, 0.15) is 62.8 Å². The molecule has 0 fully saturated rings. The predicted molar refractivity (Wildman–Crippen MR) is 97.2 cm³/mol. The Kier molecular flexibility index (Phi) is 7.18. The van der Waals surface area contributed by atoms with Crippen molar-refractivity contribution in [3.63, 3.8) is 0 Å². The highest BCUT2D eigenvalue weighted by molar-refractivity contribution is 7.18. The van der Waals surface area contributed by atoms with Crippen LogP contribution >= 0.6 is 11.3 Å². The molecule has 0 saturated heterocycles. The van der Waals surface area contributed by atoms with E-state index in [0.29, 0.717) is 10.7 Å². The maximum absolute atomic E-state index is 13.2. The van der Waals surface area contributed by atoms with Gasteiger partial charge in [-0.1, -0.05) is 0 Å². The van der Waals surface area contributed by atoms with Crippen LogP contribution in [0.15, 0.2) is 6.07 Å². The summed E-state index contributed by atoms with van der Waals surface area (Å²) < 4.78 is 61.9. The van der Waals surface area contributed by atoms with Crippen molar-refractivity contribution in [2.24, 2.45) is 0 Å². The van der Waals surface area contributed by atoms with Gasteiger partial charge in [0.25, 0.3) is 12.9 Å². The number of methoxy groups -OCH3 is 2. The first-order chi connectivity index (χ1) is 14.0. The lowest BCUT2D eigenvalue weighted by molar-refractivity contribution is -0.119. The molecule has 0 aliphatic rings. The monoisotopic (exact) mass is 451 g/mol. The summed E-state index contributed by atoms with van der Waals surface area (Å²) in [4.78, 5) is 36.6. The summed E-state index contributed by atoms with van der Waals surface area (Å²) in [7, 11) is 2.22. The molecule has 0 aliphatic carbocycles. The molecule has 0 radical (unpaired) electrons. The van der Waals surface area contributed by atoms with Crippen LogP contribution in [0.4, 0.5) is 22.6 Å². The number of rotatable bonds is 7. The van der Waals surface area contributed by atoms with Gasteiger partial charge in [-0.15, -0.1) is 11.3 Å². The van der Waals surface area contributed by atoms with E-state index in [4.69, 9.17) is 0 Å². The zero-order chi connectivity index (χ0) is 22.7. The fraction of sp³-hybridized carbons (Fsp3) is 0.412. The number of esters is 2. The van der Waals surface area contributed by atoms with Crippen molar-refractivity contribution in [3.05, 3.63) is 33.5 Å². The van der Waals surface area contributed by atoms with E-state index in [1.54, 1.807) is 0 Å². The second-order valence-corrected chi connectivity index (χ2v) is 6.97. The highest BCUT2D eigenvalue weighted by atomic mass is 32.1. The normalized spacial score (nSPS) is 12.2. The van der Waals surface area contributed by atoms with Gasteiger partial charge in [-0.05, 0) is 25.5 Å². The topological polar surface area (TPSA) is 99.5 Å². The van der Waals surface area contributed by atoms with Crippen molar-refractivity contribution < 1.29 is 41.4 Å². The first-order valence-corrected chi connectivity index (χ1v) is 9.11. The van der Waals surface area contributed by atoms with E-state index in [0.717, 1.165) is 25.6 Å². The number of hydrogen-bond acceptors (Lipinski definition) is 7. The van der Waals surface area contributed by atoms with Gasteiger partial charge in [0.2, 0.25) is 5.91 Å². The minimum Gasteiger partial charge on any atom is -0.465 e. The fourth-order valence-electron chi connectivity index (χ4n) is 2.57. The Morgan fingerprint density at radius 2 is 1.70 bits per heavy atom. The third-order valence-corrected chi connectivity index (χ3v) is 5.31. The quantitative estimate of drug-likeness (QED) is 0.506. The predicted octanol–water partition coefficient (Wildman–Crippen LogP) is 3.90. The number of nitrogens with one attached hydrogen (secondary N) is 1. The Morgan fingerprint density at radius 1 is 1.10 bits per heavy atom. The standard InChI is InChI=1S/C17H17F4N3O5S/c1-6-10(16(26)28-3)15(30-11(6)17(27)29-4)22-14(25)7(2)24-9(13(20)21)5-8(23-24)12(18)19/h5,7,12-13H,1-4H3,(H,22,25). The second-order valence-electron chi connectivity index (χ2n) is 5.95. The van der Waals surface area contributed by atoms with Crippen LogP contribution in [0.25, 0.3) is 0 Å². The van der Waals surface area contributed by atoms with Gasteiger partial charge in [0.05, 0.1) is 19.8 Å². The van der Waals surface area contributed by atoms with Gasteiger partial charge in [-0.25, -0.2) is 27.2 Å². The number of aromatic nitrogens is 2. The second kappa shape index (κ2) is 9.24. The van der Waals surface area contributed by atoms with Crippen LogP contribution in [0.5, 0.6) is 0 Å². The Hall–Kier alpha value is -2.96. The Balaban J connectivity index is 2.42. The molecule has 164 valence electrons. The lowest BCUT2D eigenvalue weighted by Crippen LogP contribution is -2.26. The van der Waals surface area contributed by atoms with Crippen LogP contribution in [0, 0.1) is 6.92 Å². The largest absolute Gasteiger partial charge is 0.465 e. The SMILES string of the molecule is COC(=O)c1sc(NC(=O)C(C)n2nc(C(F)F)cc2C(F)F)c(C(=O)OC)c1C. The van der Waals surface area contributed by atoms with Gasteiger partial charge in [0.1, 0.15) is 27.3 Å². The number of thiophene rings is 1. The molecule has 0 bridgehead atoms. The van der Waals surface area contributed by atoms with Gasteiger partial charge < -0.3 is 14.8 Å². The lowest BCUT2D eigenvalue weighted by Gasteiger charge is -2.15. The Bertz CT molecular complexity index is 973. The molecular formula is C17H17F4N3O5S. The smallest absolute Gasteiger partial charge is 0.348 e. The number of ether oxygens (including phenoxy) is 2. The molecule has 2 heterocycles. The number of carbonyl (C=O) groups excluding carboxylic acids is 3. The number of alkyl halides is 4. The van der Waals surface area contributed by atoms with E-state index in [2.05, 4.69) is 19.9 Å². The maximum atomic E-state index is 13.2. The maximum Gasteiger partial charge on any atom is 0.348 e. The third-order valence-electron chi connectivity index (χ3n) is 4.12. The summed E-state index contributed by atoms with van der Waals surface area (Å²) in [5.41, 5.74) is -1.70. The minimum absolute atomic E-state index is 0.0215. The van der Waals surface area contributed by atoms with E-state index < -0.39 is 48.1 Å². The van der Waals surface area contributed by atoms with Crippen molar-refractivity contribution in [2.45, 2.75) is 32.7 Å². The number of halogens is 4. The van der Waals surface area contributed by atoms with Crippen molar-refractivity contribution >= 4 is 34.2 Å². The summed E-state index contributed by atoms with van der Waals surface area (Å²) in [6.07, 6.45) is -6.26. The fourth-order valence-corrected chi connectivity index (χ4v) is 3.69. The van der Waals surface area contributed by atoms with Crippen LogP contribution in [-0.4, -0.2) is 41.8 Å². The number of hydrogen-bond donors (Lipinski definition) is 1. The van der Waals surface area contributed by atoms with Gasteiger partial charge in [0.15, 0.2) is 0 Å². The Labute approximate surface area is 171 Å². The summed E-state index contributed by atoms with van der Waals surface area (Å²) in [5, 5.41) is 5.65. The van der Waals surface area contributed by atoms with E-state index in [1.807, 2.05) is 0 Å². The van der Waals surface area contributed by atoms with Crippen LogP contribution in [0.2, 0.25) is 0 Å². The zero-order valence-corrected chi connectivity index (χ0v) is 17.0. The van der Waals surface area contributed by atoms with Crippen molar-refractivity contribution in [3.8, 4) is 0 Å². The van der Waals surface area contributed by atoms with E-state index in [9.17, 15) is 31.9 Å². The molecule has 1 unspecified atom stereocenters. The van der Waals surface area contributed by atoms with Crippen molar-refractivity contribution in [1.29, 1.82) is 0 Å². The average molecular weight is 451 g/mol. The molecule has 1 atom stereocenters. The first kappa shape index (κ1) is 23.3. The van der Waals surface area contributed by atoms with Gasteiger partial charge in [-0.2, -0.15) is 5.10 Å². The molecule has 2 aromatic heterocycles. The number of anilines is 1. The summed E-state index contributed by atoms with van der Waals surface area (Å²) in [6, 6.07) is -0.917. The van der Waals surface area contributed by atoms with E-state index in [-0.39, 0.29) is 21.0 Å². The lowest BCUT2D eigenvalue weighted by atomic mass is 10.1. The summed E-state index contributed by atoms with van der Waals surface area (Å²) in [5.74, 6) is -2.54. The summed E-state index contributed by atoms with van der Waals surface area (Å²) in [6.45, 7) is 2.61. The van der Waals surface area contributed by atoms with Gasteiger partial charge in [-0.3, -0.25) is 9.48 Å². The number of carbonyl (C=O) groups is 3. The number of nitrogens with zero attached hydrogens (tertiary/aromatic N) is 2. The molecule has 0 aliphatic heterocycles. The molecule has 0 saturated carbocycles. The van der Waals surface area contributed by atoms with Crippen LogP contribution in [-0.2, 0) is 14.3 Å². The molecule has 0 spiro atoms. The minimum atomic E-state index is -3.15. The van der Waals surface area contributed by atoms with Gasteiger partial charge >= 0.3 is 11.9 Å². The van der Waals surface area contributed by atoms with Crippen LogP contribution in [0.3, 0.4) is 0 Å². The molecule has 1 N–H and O–H groups in total. The molecule has 0 aromatic carbocycles. The van der Waals surface area contributed by atoms with E-state index in [1.165, 1.54) is 13.8 Å². The molecule has 1 amide bonds. The Morgan fingerprint density at radius 3 is 2.20 bits per heavy atom.